The number of imide groups is 1. The van der Waals surface area contributed by atoms with Gasteiger partial charge in [-0.05, 0) is 93.0 Å². The van der Waals surface area contributed by atoms with Crippen molar-refractivity contribution in [2.45, 2.75) is 98.0 Å². The molecule has 8 amide bonds. The summed E-state index contributed by atoms with van der Waals surface area (Å²) < 4.78 is 7.58. The molecule has 0 radical (unpaired) electrons. The van der Waals surface area contributed by atoms with Gasteiger partial charge in [0.05, 0.1) is 23.6 Å². The van der Waals surface area contributed by atoms with Crippen molar-refractivity contribution in [3.05, 3.63) is 132 Å². The number of carbonyl (C=O) groups excluding carboxylic acids is 7. The van der Waals surface area contributed by atoms with Gasteiger partial charge in [-0.2, -0.15) is 5.10 Å². The van der Waals surface area contributed by atoms with Gasteiger partial charge in [0.1, 0.15) is 30.8 Å². The number of fused-ring (bicyclic) bond motifs is 1. The minimum Gasteiger partial charge on any atom is -0.445 e. The molecule has 0 fully saturated rings. The number of carbonyl (C=O) groups is 7. The van der Waals surface area contributed by atoms with Crippen molar-refractivity contribution in [3.8, 4) is 22.6 Å². The van der Waals surface area contributed by atoms with Crippen LogP contribution in [-0.4, -0.2) is 106 Å². The molecule has 0 aliphatic carbocycles. The maximum absolute atomic E-state index is 14.1. The second-order valence-corrected chi connectivity index (χ2v) is 18.4. The Labute approximate surface area is 427 Å². The van der Waals surface area contributed by atoms with Crippen LogP contribution in [0.25, 0.3) is 28.3 Å². The number of H-pyrrole nitrogens is 1. The highest BCUT2D eigenvalue weighted by molar-refractivity contribution is 6.12. The molecule has 1 aliphatic heterocycles. The topological polar surface area (TPSA) is 281 Å². The van der Waals surface area contributed by atoms with E-state index in [2.05, 4.69) is 36.3 Å². The Morgan fingerprint density at radius 3 is 2.32 bits per heavy atom. The summed E-state index contributed by atoms with van der Waals surface area (Å²) in [5, 5.41) is 15.2. The molecule has 4 aromatic heterocycles. The van der Waals surface area contributed by atoms with Gasteiger partial charge in [0, 0.05) is 61.3 Å². The molecular weight excluding hydrogens is 947 g/mol. The zero-order valence-corrected chi connectivity index (χ0v) is 41.8. The van der Waals surface area contributed by atoms with Crippen LogP contribution in [-0.2, 0) is 48.4 Å². The highest BCUT2D eigenvalue weighted by Crippen LogP contribution is 2.30. The van der Waals surface area contributed by atoms with Gasteiger partial charge in [-0.1, -0.05) is 68.3 Å². The first-order chi connectivity index (χ1) is 35.6. The van der Waals surface area contributed by atoms with E-state index in [1.807, 2.05) is 74.6 Å². The number of amides is 8. The molecule has 5 heterocycles. The van der Waals surface area contributed by atoms with Crippen molar-refractivity contribution in [2.24, 2.45) is 11.7 Å². The number of nitrogens with one attached hydrogen (secondary N) is 5. The predicted molar refractivity (Wildman–Crippen MR) is 274 cm³/mol. The molecule has 2 atom stereocenters. The van der Waals surface area contributed by atoms with Gasteiger partial charge in [-0.25, -0.2) is 24.1 Å². The molecule has 386 valence electrons. The van der Waals surface area contributed by atoms with Gasteiger partial charge < -0.3 is 36.7 Å². The molecule has 21 heteroatoms. The zero-order chi connectivity index (χ0) is 52.7. The number of primary amides is 1. The minimum atomic E-state index is -1.06. The Morgan fingerprint density at radius 1 is 0.824 bits per heavy atom. The van der Waals surface area contributed by atoms with Crippen LogP contribution in [0.3, 0.4) is 0 Å². The van der Waals surface area contributed by atoms with Crippen LogP contribution in [0.5, 0.6) is 0 Å². The number of nitrogens with two attached hydrogens (primary N) is 1. The fourth-order valence-corrected chi connectivity index (χ4v) is 8.29. The standard InChI is InChI=1S/C53H61N13O8/c1-33(2)47(63-44(67)16-6-5-7-26-65-45(68)23-24-46(65)69)51(71)60-41(15-10-25-55-52(54)72)50(70)59-39-20-17-36(18-21-39)31-74-53(73)64(28-37-13-8-11-34(3)27-37)30-42-61-48(38-19-22-43-56-32-57-66(43)29-38)49(62-42)40-14-9-12-35(4)58-40/h8-9,11-14,17-24,27,29,32-33,41,47H,5-7,10,15-16,25-26,28,30-31H2,1-4H3,(H,59,70)(H,60,71)(H,61,62)(H,63,67)(H3,54,55,72)/t41-,47?/m0/s1. The molecule has 0 bridgehead atoms. The van der Waals surface area contributed by atoms with Gasteiger partial charge in [0.15, 0.2) is 5.65 Å². The fourth-order valence-electron chi connectivity index (χ4n) is 8.29. The van der Waals surface area contributed by atoms with Crippen LogP contribution in [0.1, 0.15) is 80.6 Å². The summed E-state index contributed by atoms with van der Waals surface area (Å²) in [5.41, 5.74) is 12.4. The number of hydrogen-bond acceptors (Lipinski definition) is 12. The predicted octanol–water partition coefficient (Wildman–Crippen LogP) is 5.64. The van der Waals surface area contributed by atoms with Gasteiger partial charge in [0.25, 0.3) is 11.8 Å². The highest BCUT2D eigenvalue weighted by Gasteiger charge is 2.29. The Kier molecular flexibility index (Phi) is 18.0. The highest BCUT2D eigenvalue weighted by atomic mass is 16.6. The maximum Gasteiger partial charge on any atom is 0.410 e. The molecule has 1 aliphatic rings. The van der Waals surface area contributed by atoms with E-state index < -0.39 is 36.0 Å². The number of ether oxygens (including phenoxy) is 1. The zero-order valence-electron chi connectivity index (χ0n) is 41.8. The largest absolute Gasteiger partial charge is 0.445 e. The quantitative estimate of drug-likeness (QED) is 0.0318. The number of imidazole rings is 1. The average Bonchev–Trinajstić information content (AvgIpc) is 4.11. The molecule has 2 aromatic carbocycles. The van der Waals surface area contributed by atoms with Gasteiger partial charge in [-0.3, -0.25) is 38.8 Å². The lowest BCUT2D eigenvalue weighted by Crippen LogP contribution is -2.54. The first-order valence-electron chi connectivity index (χ1n) is 24.5. The first-order valence-corrected chi connectivity index (χ1v) is 24.5. The molecule has 74 heavy (non-hydrogen) atoms. The van der Waals surface area contributed by atoms with Crippen molar-refractivity contribution in [1.82, 2.24) is 55.3 Å². The Morgan fingerprint density at radius 2 is 1.59 bits per heavy atom. The summed E-state index contributed by atoms with van der Waals surface area (Å²) in [4.78, 5) is 110. The van der Waals surface area contributed by atoms with Crippen molar-refractivity contribution in [1.29, 1.82) is 0 Å². The number of aromatic nitrogens is 6. The summed E-state index contributed by atoms with van der Waals surface area (Å²) in [7, 11) is 0. The number of urea groups is 1. The van der Waals surface area contributed by atoms with Crippen LogP contribution < -0.4 is 27.0 Å². The maximum atomic E-state index is 14.1. The summed E-state index contributed by atoms with van der Waals surface area (Å²) in [6, 6.07) is 21.3. The van der Waals surface area contributed by atoms with E-state index in [-0.39, 0.29) is 69.3 Å². The van der Waals surface area contributed by atoms with Crippen LogP contribution >= 0.6 is 0 Å². The average molecular weight is 1010 g/mol. The Bertz CT molecular complexity index is 3000. The van der Waals surface area contributed by atoms with Crippen molar-refractivity contribution in [3.63, 3.8) is 0 Å². The Balaban J connectivity index is 0.985. The molecule has 0 saturated heterocycles. The molecule has 7 rings (SSSR count). The number of aryl methyl sites for hydroxylation is 2. The molecule has 6 aromatic rings. The Hall–Kier alpha value is -8.75. The molecule has 1 unspecified atom stereocenters. The van der Waals surface area contributed by atoms with E-state index in [1.54, 1.807) is 47.5 Å². The third-order valence-corrected chi connectivity index (χ3v) is 12.1. The second kappa shape index (κ2) is 25.1. The molecule has 7 N–H and O–H groups in total. The van der Waals surface area contributed by atoms with E-state index in [4.69, 9.17) is 20.4 Å². The number of pyridine rings is 2. The normalized spacial score (nSPS) is 13.0. The van der Waals surface area contributed by atoms with Crippen molar-refractivity contribution in [2.75, 3.05) is 18.4 Å². The van der Waals surface area contributed by atoms with Crippen LogP contribution in [0.2, 0.25) is 0 Å². The smallest absolute Gasteiger partial charge is 0.410 e. The number of rotatable bonds is 24. The van der Waals surface area contributed by atoms with E-state index in [1.165, 1.54) is 18.5 Å². The number of benzene rings is 2. The molecular formula is C53H61N13O8. The fraction of sp³-hybridized carbons (Fsp3) is 0.340. The number of anilines is 1. The summed E-state index contributed by atoms with van der Waals surface area (Å²) in [6.07, 6.45) is 7.30. The third-order valence-electron chi connectivity index (χ3n) is 12.1. The van der Waals surface area contributed by atoms with E-state index in [0.29, 0.717) is 65.5 Å². The van der Waals surface area contributed by atoms with E-state index >= 15 is 0 Å². The first kappa shape index (κ1) is 53.1. The molecule has 21 nitrogen and oxygen atoms in total. The minimum absolute atomic E-state index is 0.0653. The van der Waals surface area contributed by atoms with Gasteiger partial charge >= 0.3 is 12.1 Å². The van der Waals surface area contributed by atoms with Gasteiger partial charge in [-0.15, -0.1) is 0 Å². The SMILES string of the molecule is Cc1cccc(CN(Cc2nc(-c3ccc4ncnn4c3)c(-c3cccc(C)n3)[nH]2)C(=O)OCc2ccc(NC(=O)[C@H](CCCNC(N)=O)NC(=O)C(NC(=O)CCCCCN3C(=O)C=CC3=O)C(C)C)cc2)c1. The number of hydrogen-bond donors (Lipinski definition) is 6. The summed E-state index contributed by atoms with van der Waals surface area (Å²) in [6.45, 7) is 8.04. The molecule has 0 saturated carbocycles. The summed E-state index contributed by atoms with van der Waals surface area (Å²) >= 11 is 0. The number of aromatic amines is 1. The van der Waals surface area contributed by atoms with Crippen LogP contribution in [0, 0.1) is 19.8 Å². The van der Waals surface area contributed by atoms with Crippen LogP contribution in [0.4, 0.5) is 15.3 Å². The lowest BCUT2D eigenvalue weighted by molar-refractivity contribution is -0.137. The molecule has 0 spiro atoms. The lowest BCUT2D eigenvalue weighted by Gasteiger charge is -2.25. The van der Waals surface area contributed by atoms with E-state index in [0.717, 1.165) is 27.3 Å². The number of nitrogens with zero attached hydrogens (tertiary/aromatic N) is 7. The second-order valence-electron chi connectivity index (χ2n) is 18.4. The summed E-state index contributed by atoms with van der Waals surface area (Å²) in [5.74, 6) is -2.01. The monoisotopic (exact) mass is 1010 g/mol. The van der Waals surface area contributed by atoms with Gasteiger partial charge in [0.2, 0.25) is 17.7 Å². The third kappa shape index (κ3) is 14.7. The van der Waals surface area contributed by atoms with Crippen molar-refractivity contribution < 1.29 is 38.3 Å². The number of unbranched alkanes of at least 4 members (excludes halogenated alkanes) is 2. The van der Waals surface area contributed by atoms with E-state index in [9.17, 15) is 33.6 Å². The lowest BCUT2D eigenvalue weighted by atomic mass is 10.0. The van der Waals surface area contributed by atoms with Crippen LogP contribution in [0.15, 0.2) is 104 Å². The van der Waals surface area contributed by atoms with Crippen molar-refractivity contribution >= 4 is 53.0 Å².